The molecule has 1 fully saturated rings. The van der Waals surface area contributed by atoms with Crippen LogP contribution in [0.15, 0.2) is 53.4 Å². The number of aromatic nitrogens is 2. The number of morpholine rings is 1. The number of sulfonamides is 1. The van der Waals surface area contributed by atoms with E-state index in [0.717, 1.165) is 41.6 Å². The lowest BCUT2D eigenvalue weighted by Crippen LogP contribution is -2.41. The van der Waals surface area contributed by atoms with Crippen LogP contribution in [0, 0.1) is 13.8 Å². The highest BCUT2D eigenvalue weighted by Gasteiger charge is 2.32. The first-order valence-electron chi connectivity index (χ1n) is 11.7. The Kier molecular flexibility index (Phi) is 6.38. The number of hydrogen-bond acceptors (Lipinski definition) is 6. The van der Waals surface area contributed by atoms with Crippen LogP contribution in [0.1, 0.15) is 33.8 Å². The maximum absolute atomic E-state index is 13.4. The molecule has 34 heavy (non-hydrogen) atoms. The van der Waals surface area contributed by atoms with Crippen LogP contribution in [-0.2, 0) is 34.1 Å². The molecule has 0 aliphatic carbocycles. The van der Waals surface area contributed by atoms with Crippen LogP contribution in [0.4, 0.5) is 5.82 Å². The van der Waals surface area contributed by atoms with Crippen molar-refractivity contribution >= 4 is 15.8 Å². The summed E-state index contributed by atoms with van der Waals surface area (Å²) in [6.45, 7) is 7.47. The third kappa shape index (κ3) is 4.71. The second-order valence-corrected chi connectivity index (χ2v) is 11.0. The lowest BCUT2D eigenvalue weighted by Gasteiger charge is -2.34. The summed E-state index contributed by atoms with van der Waals surface area (Å²) in [4.78, 5) is 12.4. The van der Waals surface area contributed by atoms with Crippen molar-refractivity contribution in [2.45, 2.75) is 38.1 Å². The first-order chi connectivity index (χ1) is 16.4. The van der Waals surface area contributed by atoms with E-state index in [1.54, 1.807) is 16.4 Å². The summed E-state index contributed by atoms with van der Waals surface area (Å²) in [5.74, 6) is 1.63. The van der Waals surface area contributed by atoms with Crippen LogP contribution in [-0.4, -0.2) is 55.5 Å². The van der Waals surface area contributed by atoms with Gasteiger partial charge in [0.25, 0.3) is 0 Å². The molecule has 5 rings (SSSR count). The van der Waals surface area contributed by atoms with Gasteiger partial charge in [-0.3, -0.25) is 0 Å². The second kappa shape index (κ2) is 9.44. The van der Waals surface area contributed by atoms with Gasteiger partial charge in [0.1, 0.15) is 11.6 Å². The minimum Gasteiger partial charge on any atom is -0.378 e. The third-order valence-corrected chi connectivity index (χ3v) is 8.32. The van der Waals surface area contributed by atoms with Crippen molar-refractivity contribution in [3.8, 4) is 0 Å². The minimum atomic E-state index is -3.60. The molecule has 7 nitrogen and oxygen atoms in total. The fourth-order valence-corrected chi connectivity index (χ4v) is 6.02. The molecule has 0 radical (unpaired) electrons. The average Bonchev–Trinajstić information content (AvgIpc) is 2.84. The highest BCUT2D eigenvalue weighted by atomic mass is 32.2. The summed E-state index contributed by atoms with van der Waals surface area (Å²) < 4.78 is 33.9. The van der Waals surface area contributed by atoms with Crippen molar-refractivity contribution in [1.82, 2.24) is 14.3 Å². The number of hydrogen-bond donors (Lipinski definition) is 0. The van der Waals surface area contributed by atoms with Crippen molar-refractivity contribution in [2.75, 3.05) is 37.7 Å². The fraction of sp³-hybridized carbons (Fsp3) is 0.385. The van der Waals surface area contributed by atoms with E-state index in [0.29, 0.717) is 37.5 Å². The van der Waals surface area contributed by atoms with E-state index in [2.05, 4.69) is 36.1 Å². The zero-order valence-corrected chi connectivity index (χ0v) is 20.5. The third-order valence-electron chi connectivity index (χ3n) is 6.46. The molecule has 0 saturated carbocycles. The van der Waals surface area contributed by atoms with Crippen molar-refractivity contribution in [3.05, 3.63) is 82.3 Å². The van der Waals surface area contributed by atoms with E-state index in [1.165, 1.54) is 11.1 Å². The molecule has 0 atom stereocenters. The standard InChI is InChI=1S/C26H30N4O3S/c1-19-6-8-22(9-7-19)34(31,32)30-11-10-24-23(18-30)26(29-12-14-33-15-13-29)28-25(27-24)17-21-5-3-4-20(2)16-21/h3-9,16H,10-15,17-18H2,1-2H3. The molecule has 0 amide bonds. The Labute approximate surface area is 201 Å². The topological polar surface area (TPSA) is 75.6 Å². The highest BCUT2D eigenvalue weighted by molar-refractivity contribution is 7.89. The van der Waals surface area contributed by atoms with Gasteiger partial charge in [0.15, 0.2) is 0 Å². The molecule has 0 unspecified atom stereocenters. The Morgan fingerprint density at radius 3 is 2.44 bits per heavy atom. The fourth-order valence-electron chi connectivity index (χ4n) is 4.61. The maximum Gasteiger partial charge on any atom is 0.243 e. The first-order valence-corrected chi connectivity index (χ1v) is 13.2. The number of rotatable bonds is 5. The van der Waals surface area contributed by atoms with Crippen molar-refractivity contribution in [2.24, 2.45) is 0 Å². The average molecular weight is 479 g/mol. The molecule has 2 aliphatic heterocycles. The van der Waals surface area contributed by atoms with E-state index in [1.807, 2.05) is 19.1 Å². The molecule has 3 aromatic rings. The lowest BCUT2D eigenvalue weighted by molar-refractivity contribution is 0.122. The largest absolute Gasteiger partial charge is 0.378 e. The number of aryl methyl sites for hydroxylation is 2. The van der Waals surface area contributed by atoms with Gasteiger partial charge in [0, 0.05) is 44.6 Å². The number of nitrogens with zero attached hydrogens (tertiary/aromatic N) is 4. The summed E-state index contributed by atoms with van der Waals surface area (Å²) in [5, 5.41) is 0. The van der Waals surface area contributed by atoms with E-state index in [-0.39, 0.29) is 6.54 Å². The van der Waals surface area contributed by atoms with Crippen LogP contribution in [0.5, 0.6) is 0 Å². The zero-order chi connectivity index (χ0) is 23.7. The first kappa shape index (κ1) is 23.0. The molecule has 0 bridgehead atoms. The monoisotopic (exact) mass is 478 g/mol. The van der Waals surface area contributed by atoms with Crippen LogP contribution in [0.25, 0.3) is 0 Å². The summed E-state index contributed by atoms with van der Waals surface area (Å²) in [5.41, 5.74) is 5.28. The molecule has 1 saturated heterocycles. The molecule has 8 heteroatoms. The molecule has 2 aromatic carbocycles. The van der Waals surface area contributed by atoms with Gasteiger partial charge in [0.05, 0.1) is 23.8 Å². The Hall–Kier alpha value is -2.81. The van der Waals surface area contributed by atoms with Gasteiger partial charge < -0.3 is 9.64 Å². The van der Waals surface area contributed by atoms with Crippen LogP contribution >= 0.6 is 0 Å². The van der Waals surface area contributed by atoms with E-state index in [9.17, 15) is 8.42 Å². The van der Waals surface area contributed by atoms with Gasteiger partial charge in [-0.25, -0.2) is 18.4 Å². The van der Waals surface area contributed by atoms with E-state index < -0.39 is 10.0 Å². The Balaban J connectivity index is 1.50. The SMILES string of the molecule is Cc1ccc(S(=O)(=O)N2CCc3nc(Cc4cccc(C)c4)nc(N4CCOCC4)c3C2)cc1. The number of fused-ring (bicyclic) bond motifs is 1. The van der Waals surface area contributed by atoms with Gasteiger partial charge in [-0.05, 0) is 31.5 Å². The number of ether oxygens (including phenoxy) is 1. The van der Waals surface area contributed by atoms with Gasteiger partial charge in [0.2, 0.25) is 10.0 Å². The van der Waals surface area contributed by atoms with Gasteiger partial charge in [-0.15, -0.1) is 0 Å². The minimum absolute atomic E-state index is 0.281. The molecular formula is C26H30N4O3S. The Morgan fingerprint density at radius 2 is 1.71 bits per heavy atom. The smallest absolute Gasteiger partial charge is 0.243 e. The number of anilines is 1. The quantitative estimate of drug-likeness (QED) is 0.560. The molecular weight excluding hydrogens is 448 g/mol. The van der Waals surface area contributed by atoms with Crippen molar-refractivity contribution in [1.29, 1.82) is 0 Å². The second-order valence-electron chi connectivity index (χ2n) is 9.06. The summed E-state index contributed by atoms with van der Waals surface area (Å²) in [7, 11) is -3.60. The Morgan fingerprint density at radius 1 is 0.941 bits per heavy atom. The van der Waals surface area contributed by atoms with Gasteiger partial charge in [-0.2, -0.15) is 4.31 Å². The summed E-state index contributed by atoms with van der Waals surface area (Å²) >= 11 is 0. The molecule has 0 spiro atoms. The van der Waals surface area contributed by atoms with E-state index >= 15 is 0 Å². The maximum atomic E-state index is 13.4. The molecule has 2 aliphatic rings. The van der Waals surface area contributed by atoms with E-state index in [4.69, 9.17) is 14.7 Å². The molecule has 1 aromatic heterocycles. The van der Waals surface area contributed by atoms with Crippen LogP contribution < -0.4 is 4.90 Å². The lowest BCUT2D eigenvalue weighted by atomic mass is 10.1. The molecule has 3 heterocycles. The highest BCUT2D eigenvalue weighted by Crippen LogP contribution is 2.31. The number of benzene rings is 2. The Bertz CT molecular complexity index is 1290. The normalized spacial score (nSPS) is 16.9. The predicted molar refractivity (Wildman–Crippen MR) is 132 cm³/mol. The van der Waals surface area contributed by atoms with Crippen LogP contribution in [0.3, 0.4) is 0 Å². The molecule has 178 valence electrons. The molecule has 0 N–H and O–H groups in total. The zero-order valence-electron chi connectivity index (χ0n) is 19.7. The van der Waals surface area contributed by atoms with Crippen molar-refractivity contribution in [3.63, 3.8) is 0 Å². The summed E-state index contributed by atoms with van der Waals surface area (Å²) in [6, 6.07) is 15.4. The summed E-state index contributed by atoms with van der Waals surface area (Å²) in [6.07, 6.45) is 1.22. The van der Waals surface area contributed by atoms with Gasteiger partial charge in [-0.1, -0.05) is 47.5 Å². The van der Waals surface area contributed by atoms with Crippen molar-refractivity contribution < 1.29 is 13.2 Å². The predicted octanol–water partition coefficient (Wildman–Crippen LogP) is 3.27. The van der Waals surface area contributed by atoms with Crippen LogP contribution in [0.2, 0.25) is 0 Å². The van der Waals surface area contributed by atoms with Gasteiger partial charge >= 0.3 is 0 Å².